The van der Waals surface area contributed by atoms with Crippen LogP contribution in [0.15, 0.2) is 16.6 Å². The van der Waals surface area contributed by atoms with Gasteiger partial charge in [0.05, 0.1) is 11.7 Å². The number of ketones is 1. The second kappa shape index (κ2) is 14.3. The van der Waals surface area contributed by atoms with E-state index in [2.05, 4.69) is 10.2 Å². The van der Waals surface area contributed by atoms with Crippen molar-refractivity contribution in [2.24, 2.45) is 10.9 Å². The summed E-state index contributed by atoms with van der Waals surface area (Å²) in [7, 11) is 1.74. The predicted molar refractivity (Wildman–Crippen MR) is 143 cm³/mol. The monoisotopic (exact) mass is 505 g/mol. The number of halogens is 1. The maximum Gasteiger partial charge on any atom is 0.223 e. The van der Waals surface area contributed by atoms with Gasteiger partial charge in [-0.2, -0.15) is 0 Å². The van der Waals surface area contributed by atoms with Crippen molar-refractivity contribution in [3.05, 3.63) is 11.6 Å². The lowest BCUT2D eigenvalue weighted by Crippen LogP contribution is -2.52. The van der Waals surface area contributed by atoms with E-state index in [1.54, 1.807) is 7.11 Å². The average molecular weight is 506 g/mol. The summed E-state index contributed by atoms with van der Waals surface area (Å²) in [6, 6.07) is 0.757. The van der Waals surface area contributed by atoms with Gasteiger partial charge in [0.1, 0.15) is 12.0 Å². The van der Waals surface area contributed by atoms with Crippen molar-refractivity contribution in [3.8, 4) is 0 Å². The topological polar surface area (TPSA) is 71.0 Å². The number of amides is 1. The molecule has 0 heterocycles. The Morgan fingerprint density at radius 3 is 2.28 bits per heavy atom. The molecule has 3 aliphatic carbocycles. The van der Waals surface area contributed by atoms with Gasteiger partial charge in [-0.25, -0.2) is 4.39 Å². The number of allylic oxidation sites excluding steroid dienone is 1. The highest BCUT2D eigenvalue weighted by Crippen LogP contribution is 2.33. The highest BCUT2D eigenvalue weighted by atomic mass is 19.1. The molecule has 3 saturated carbocycles. The van der Waals surface area contributed by atoms with E-state index in [1.807, 2.05) is 6.92 Å². The number of nitrogens with one attached hydrogen (secondary N) is 1. The molecule has 3 rings (SSSR count). The molecular formula is C29H48FN3O3. The van der Waals surface area contributed by atoms with E-state index in [1.165, 1.54) is 39.2 Å². The van der Waals surface area contributed by atoms with Crippen LogP contribution in [0.2, 0.25) is 0 Å². The zero-order valence-electron chi connectivity index (χ0n) is 22.9. The normalized spacial score (nSPS) is 29.5. The standard InChI is InChI=1S/C29H48FN3O3/c1-5-31-28(27(21(3)34)18-20(2)30)33(24-11-7-6-8-12-24)25-16-14-23(15-17-25)32-29(35)22-10-9-13-26(19-22)36-4/h18,20,22-26H,5-17,19H2,1-4H3,(H,32,35)/b27-18-,31-28?. The molecular weight excluding hydrogens is 457 g/mol. The van der Waals surface area contributed by atoms with Gasteiger partial charge in [0, 0.05) is 37.7 Å². The summed E-state index contributed by atoms with van der Waals surface area (Å²) < 4.78 is 19.6. The fourth-order valence-corrected chi connectivity index (χ4v) is 6.45. The molecule has 7 heteroatoms. The third-order valence-corrected chi connectivity index (χ3v) is 8.30. The molecule has 0 spiro atoms. The number of carbonyl (C=O) groups is 2. The first kappa shape index (κ1) is 28.8. The van der Waals surface area contributed by atoms with Crippen molar-refractivity contribution < 1.29 is 18.7 Å². The molecule has 3 atom stereocenters. The van der Waals surface area contributed by atoms with Crippen molar-refractivity contribution in [1.29, 1.82) is 0 Å². The summed E-state index contributed by atoms with van der Waals surface area (Å²) in [6.45, 7) is 5.51. The van der Waals surface area contributed by atoms with E-state index >= 15 is 0 Å². The van der Waals surface area contributed by atoms with E-state index < -0.39 is 6.17 Å². The molecule has 0 aromatic carbocycles. The molecule has 36 heavy (non-hydrogen) atoms. The Bertz CT molecular complexity index is 783. The summed E-state index contributed by atoms with van der Waals surface area (Å²) in [5, 5.41) is 3.34. The summed E-state index contributed by atoms with van der Waals surface area (Å²) in [6.07, 6.45) is 13.7. The highest BCUT2D eigenvalue weighted by Gasteiger charge is 2.36. The van der Waals surface area contributed by atoms with Gasteiger partial charge in [0.2, 0.25) is 5.91 Å². The van der Waals surface area contributed by atoms with E-state index in [0.717, 1.165) is 64.2 Å². The number of amidine groups is 1. The van der Waals surface area contributed by atoms with Gasteiger partial charge >= 0.3 is 0 Å². The second-order valence-electron chi connectivity index (χ2n) is 11.0. The number of carbonyl (C=O) groups excluding carboxylic acids is 2. The number of rotatable bonds is 9. The minimum absolute atomic E-state index is 0.0504. The fraction of sp³-hybridized carbons (Fsp3) is 0.828. The molecule has 0 aromatic heterocycles. The summed E-state index contributed by atoms with van der Waals surface area (Å²) in [4.78, 5) is 32.8. The number of hydrogen-bond donors (Lipinski definition) is 1. The van der Waals surface area contributed by atoms with Crippen LogP contribution in [0.1, 0.15) is 104 Å². The first-order chi connectivity index (χ1) is 17.3. The molecule has 1 N–H and O–H groups in total. The maximum absolute atomic E-state index is 14.1. The van der Waals surface area contributed by atoms with Crippen LogP contribution in [-0.4, -0.2) is 66.5 Å². The Morgan fingerprint density at radius 2 is 1.69 bits per heavy atom. The van der Waals surface area contributed by atoms with Gasteiger partial charge in [-0.3, -0.25) is 14.6 Å². The lowest BCUT2D eigenvalue weighted by Gasteiger charge is -2.45. The van der Waals surface area contributed by atoms with Crippen molar-refractivity contribution in [2.45, 2.75) is 135 Å². The van der Waals surface area contributed by atoms with E-state index in [0.29, 0.717) is 24.0 Å². The molecule has 3 fully saturated rings. The van der Waals surface area contributed by atoms with Gasteiger partial charge in [-0.15, -0.1) is 0 Å². The molecule has 0 bridgehead atoms. The minimum atomic E-state index is -1.21. The largest absolute Gasteiger partial charge is 0.381 e. The number of methoxy groups -OCH3 is 1. The van der Waals surface area contributed by atoms with Gasteiger partial charge < -0.3 is 15.0 Å². The molecule has 0 radical (unpaired) electrons. The number of Topliss-reactive ketones (excluding diaryl/α,β-unsaturated/α-hetero) is 1. The Hall–Kier alpha value is -1.76. The van der Waals surface area contributed by atoms with Gasteiger partial charge in [-0.1, -0.05) is 25.7 Å². The molecule has 3 aliphatic rings. The zero-order valence-corrected chi connectivity index (χ0v) is 22.9. The summed E-state index contributed by atoms with van der Waals surface area (Å²) >= 11 is 0. The van der Waals surface area contributed by atoms with Crippen LogP contribution in [0, 0.1) is 5.92 Å². The number of nitrogens with zero attached hydrogens (tertiary/aromatic N) is 2. The van der Waals surface area contributed by atoms with Crippen LogP contribution < -0.4 is 5.32 Å². The van der Waals surface area contributed by atoms with Crippen molar-refractivity contribution in [2.75, 3.05) is 13.7 Å². The Labute approximate surface area is 217 Å². The molecule has 6 nitrogen and oxygen atoms in total. The maximum atomic E-state index is 14.1. The van der Waals surface area contributed by atoms with Crippen LogP contribution in [0.3, 0.4) is 0 Å². The van der Waals surface area contributed by atoms with E-state index in [-0.39, 0.29) is 35.8 Å². The average Bonchev–Trinajstić information content (AvgIpc) is 2.88. The van der Waals surface area contributed by atoms with Crippen LogP contribution in [0.4, 0.5) is 4.39 Å². The molecule has 3 unspecified atom stereocenters. The first-order valence-electron chi connectivity index (χ1n) is 14.4. The van der Waals surface area contributed by atoms with Crippen molar-refractivity contribution >= 4 is 17.5 Å². The van der Waals surface area contributed by atoms with Gasteiger partial charge in [0.15, 0.2) is 5.78 Å². The number of ether oxygens (including phenoxy) is 1. The summed E-state index contributed by atoms with van der Waals surface area (Å²) in [5.74, 6) is 0.780. The molecule has 0 aliphatic heterocycles. The van der Waals surface area contributed by atoms with Gasteiger partial charge in [-0.05, 0) is 84.6 Å². The Morgan fingerprint density at radius 1 is 1.03 bits per heavy atom. The molecule has 1 amide bonds. The zero-order chi connectivity index (χ0) is 26.1. The number of aliphatic imine (C=N–C) groups is 1. The quantitative estimate of drug-likeness (QED) is 0.254. The summed E-state index contributed by atoms with van der Waals surface area (Å²) in [5.41, 5.74) is 0.415. The van der Waals surface area contributed by atoms with Crippen LogP contribution in [-0.2, 0) is 14.3 Å². The van der Waals surface area contributed by atoms with Crippen molar-refractivity contribution in [1.82, 2.24) is 10.2 Å². The number of hydrogen-bond acceptors (Lipinski definition) is 4. The minimum Gasteiger partial charge on any atom is -0.381 e. The first-order valence-corrected chi connectivity index (χ1v) is 14.4. The number of alkyl halides is 1. The molecule has 0 aromatic rings. The SMILES string of the molecule is CCN=C(/C(=C\C(C)F)C(C)=O)N(C1CCCCC1)C1CCC(NC(=O)C2CCCC(OC)C2)CC1. The second-order valence-corrected chi connectivity index (χ2v) is 11.0. The smallest absolute Gasteiger partial charge is 0.223 e. The van der Waals surface area contributed by atoms with Gasteiger partial charge in [0.25, 0.3) is 0 Å². The van der Waals surface area contributed by atoms with Crippen LogP contribution in [0.5, 0.6) is 0 Å². The predicted octanol–water partition coefficient (Wildman–Crippen LogP) is 5.55. The third kappa shape index (κ3) is 7.87. The van der Waals surface area contributed by atoms with E-state index in [4.69, 9.17) is 9.73 Å². The highest BCUT2D eigenvalue weighted by molar-refractivity contribution is 6.20. The van der Waals surface area contributed by atoms with E-state index in [9.17, 15) is 14.0 Å². The lowest BCUT2D eigenvalue weighted by atomic mass is 9.84. The fourth-order valence-electron chi connectivity index (χ4n) is 6.45. The Kier molecular flexibility index (Phi) is 11.4. The van der Waals surface area contributed by atoms with Crippen molar-refractivity contribution in [3.63, 3.8) is 0 Å². The molecule has 0 saturated heterocycles. The van der Waals surface area contributed by atoms with Crippen LogP contribution >= 0.6 is 0 Å². The molecule has 204 valence electrons. The lowest BCUT2D eigenvalue weighted by molar-refractivity contribution is -0.128. The Balaban J connectivity index is 1.72. The third-order valence-electron chi connectivity index (χ3n) is 8.30. The van der Waals surface area contributed by atoms with Crippen LogP contribution in [0.25, 0.3) is 0 Å².